The number of rotatable bonds is 2. The van der Waals surface area contributed by atoms with Crippen LogP contribution in [-0.4, -0.2) is 10.2 Å². The Labute approximate surface area is 112 Å². The fourth-order valence-corrected chi connectivity index (χ4v) is 1.81. The molecule has 100 valence electrons. The summed E-state index contributed by atoms with van der Waals surface area (Å²) in [6.07, 6.45) is -4.41. The van der Waals surface area contributed by atoms with Crippen LogP contribution in [0.15, 0.2) is 30.3 Å². The molecular formula is C12H9ClF3N3. The van der Waals surface area contributed by atoms with Crippen LogP contribution in [0, 0.1) is 0 Å². The molecular weight excluding hydrogens is 279 g/mol. The zero-order valence-electron chi connectivity index (χ0n) is 9.58. The van der Waals surface area contributed by atoms with Crippen molar-refractivity contribution in [2.24, 2.45) is 0 Å². The van der Waals surface area contributed by atoms with Crippen molar-refractivity contribution < 1.29 is 13.2 Å². The van der Waals surface area contributed by atoms with E-state index < -0.39 is 11.7 Å². The van der Waals surface area contributed by atoms with Crippen LogP contribution in [0.3, 0.4) is 0 Å². The number of anilines is 1. The van der Waals surface area contributed by atoms with E-state index in [2.05, 4.69) is 10.2 Å². The third-order valence-electron chi connectivity index (χ3n) is 2.52. The van der Waals surface area contributed by atoms with E-state index in [0.717, 1.165) is 6.07 Å². The molecule has 0 spiro atoms. The van der Waals surface area contributed by atoms with Crippen LogP contribution in [-0.2, 0) is 12.6 Å². The largest absolute Gasteiger partial charge is 0.416 e. The van der Waals surface area contributed by atoms with Gasteiger partial charge in [0.25, 0.3) is 0 Å². The number of nitrogen functional groups attached to an aromatic ring is 1. The summed E-state index contributed by atoms with van der Waals surface area (Å²) in [5.41, 5.74) is 5.15. The lowest BCUT2D eigenvalue weighted by Crippen LogP contribution is -2.10. The number of alkyl halides is 3. The number of benzene rings is 1. The van der Waals surface area contributed by atoms with E-state index in [-0.39, 0.29) is 22.8 Å². The quantitative estimate of drug-likeness (QED) is 0.922. The van der Waals surface area contributed by atoms with Gasteiger partial charge in [-0.25, -0.2) is 0 Å². The molecule has 2 rings (SSSR count). The normalized spacial score (nSPS) is 11.6. The smallest absolute Gasteiger partial charge is 0.381 e. The molecule has 0 aliphatic carbocycles. The molecule has 2 aromatic rings. The van der Waals surface area contributed by atoms with Crippen LogP contribution < -0.4 is 5.73 Å². The Morgan fingerprint density at radius 3 is 2.47 bits per heavy atom. The summed E-state index contributed by atoms with van der Waals surface area (Å²) in [5, 5.41) is 7.49. The summed E-state index contributed by atoms with van der Waals surface area (Å²) >= 11 is 5.76. The highest BCUT2D eigenvalue weighted by molar-refractivity contribution is 6.32. The first-order valence-corrected chi connectivity index (χ1v) is 5.68. The average Bonchev–Trinajstić information content (AvgIpc) is 2.33. The molecule has 0 aliphatic rings. The Kier molecular flexibility index (Phi) is 3.61. The third-order valence-corrected chi connectivity index (χ3v) is 2.82. The first-order chi connectivity index (χ1) is 8.88. The zero-order chi connectivity index (χ0) is 14.0. The maximum absolute atomic E-state index is 12.8. The summed E-state index contributed by atoms with van der Waals surface area (Å²) in [6, 6.07) is 6.72. The molecule has 3 nitrogen and oxygen atoms in total. The van der Waals surface area contributed by atoms with Crippen molar-refractivity contribution in [1.29, 1.82) is 0 Å². The Bertz CT molecular complexity index is 599. The minimum atomic E-state index is -4.40. The van der Waals surface area contributed by atoms with E-state index in [4.69, 9.17) is 17.3 Å². The van der Waals surface area contributed by atoms with Crippen LogP contribution in [0.4, 0.5) is 19.0 Å². The molecule has 0 aliphatic heterocycles. The van der Waals surface area contributed by atoms with Gasteiger partial charge < -0.3 is 5.73 Å². The number of halogens is 4. The van der Waals surface area contributed by atoms with Crippen molar-refractivity contribution >= 4 is 17.4 Å². The number of hydrogen-bond donors (Lipinski definition) is 1. The average molecular weight is 288 g/mol. The molecule has 19 heavy (non-hydrogen) atoms. The lowest BCUT2D eigenvalue weighted by atomic mass is 10.0. The molecule has 1 aromatic heterocycles. The molecule has 0 atom stereocenters. The van der Waals surface area contributed by atoms with Crippen molar-refractivity contribution in [3.8, 4) is 0 Å². The molecule has 1 heterocycles. The van der Waals surface area contributed by atoms with Crippen LogP contribution >= 0.6 is 11.6 Å². The molecule has 0 saturated heterocycles. The van der Waals surface area contributed by atoms with Gasteiger partial charge in [-0.05, 0) is 17.7 Å². The second-order valence-corrected chi connectivity index (χ2v) is 4.31. The lowest BCUT2D eigenvalue weighted by molar-refractivity contribution is -0.138. The molecule has 7 heteroatoms. The monoisotopic (exact) mass is 287 g/mol. The summed E-state index contributed by atoms with van der Waals surface area (Å²) < 4.78 is 38.4. The van der Waals surface area contributed by atoms with Gasteiger partial charge in [0, 0.05) is 6.42 Å². The molecule has 0 fully saturated rings. The Balaban J connectivity index is 2.36. The summed E-state index contributed by atoms with van der Waals surface area (Å²) in [7, 11) is 0. The van der Waals surface area contributed by atoms with Crippen molar-refractivity contribution in [2.75, 3.05) is 5.73 Å². The van der Waals surface area contributed by atoms with Crippen LogP contribution in [0.2, 0.25) is 5.02 Å². The lowest BCUT2D eigenvalue weighted by Gasteiger charge is -2.12. The fraction of sp³-hybridized carbons (Fsp3) is 0.167. The second-order valence-electron chi connectivity index (χ2n) is 3.90. The maximum Gasteiger partial charge on any atom is 0.416 e. The first kappa shape index (κ1) is 13.6. The van der Waals surface area contributed by atoms with Gasteiger partial charge in [-0.2, -0.15) is 18.3 Å². The molecule has 0 amide bonds. The SMILES string of the molecule is Nc1nnc(Cc2ccccc2C(F)(F)F)cc1Cl. The van der Waals surface area contributed by atoms with Gasteiger partial charge in [0.15, 0.2) is 5.82 Å². The Hall–Kier alpha value is -1.82. The van der Waals surface area contributed by atoms with E-state index in [0.29, 0.717) is 5.69 Å². The number of nitrogens with two attached hydrogens (primary N) is 1. The van der Waals surface area contributed by atoms with Gasteiger partial charge in [-0.1, -0.05) is 29.8 Å². The van der Waals surface area contributed by atoms with Crippen molar-refractivity contribution in [3.05, 3.63) is 52.2 Å². The van der Waals surface area contributed by atoms with Gasteiger partial charge in [0.05, 0.1) is 16.3 Å². The maximum atomic E-state index is 12.8. The zero-order valence-corrected chi connectivity index (χ0v) is 10.3. The number of aromatic nitrogens is 2. The number of hydrogen-bond acceptors (Lipinski definition) is 3. The summed E-state index contributed by atoms with van der Waals surface area (Å²) in [5.74, 6) is 0.0505. The van der Waals surface area contributed by atoms with Gasteiger partial charge >= 0.3 is 6.18 Å². The third kappa shape index (κ3) is 3.14. The van der Waals surface area contributed by atoms with E-state index in [1.54, 1.807) is 0 Å². The van der Waals surface area contributed by atoms with Crippen molar-refractivity contribution in [2.45, 2.75) is 12.6 Å². The number of nitrogens with zero attached hydrogens (tertiary/aromatic N) is 2. The summed E-state index contributed by atoms with van der Waals surface area (Å²) in [4.78, 5) is 0. The summed E-state index contributed by atoms with van der Waals surface area (Å²) in [6.45, 7) is 0. The molecule has 0 bridgehead atoms. The van der Waals surface area contributed by atoms with Crippen LogP contribution in [0.1, 0.15) is 16.8 Å². The van der Waals surface area contributed by atoms with Crippen LogP contribution in [0.5, 0.6) is 0 Å². The van der Waals surface area contributed by atoms with Gasteiger partial charge in [-0.15, -0.1) is 5.10 Å². The molecule has 0 unspecified atom stereocenters. The predicted octanol–water partition coefficient (Wildman–Crippen LogP) is 3.32. The standard InChI is InChI=1S/C12H9ClF3N3/c13-10-6-8(18-19-11(10)17)5-7-3-1-2-4-9(7)12(14,15)16/h1-4,6H,5H2,(H2,17,19). The van der Waals surface area contributed by atoms with Gasteiger partial charge in [0.1, 0.15) is 0 Å². The highest BCUT2D eigenvalue weighted by atomic mass is 35.5. The van der Waals surface area contributed by atoms with Crippen LogP contribution in [0.25, 0.3) is 0 Å². The van der Waals surface area contributed by atoms with Crippen molar-refractivity contribution in [3.63, 3.8) is 0 Å². The minimum absolute atomic E-state index is 0.0112. The van der Waals surface area contributed by atoms with E-state index in [1.807, 2.05) is 0 Å². The topological polar surface area (TPSA) is 51.8 Å². The van der Waals surface area contributed by atoms with Crippen molar-refractivity contribution in [1.82, 2.24) is 10.2 Å². The van der Waals surface area contributed by atoms with Gasteiger partial charge in [0.2, 0.25) is 0 Å². The first-order valence-electron chi connectivity index (χ1n) is 5.30. The molecule has 2 N–H and O–H groups in total. The fourth-order valence-electron chi connectivity index (χ4n) is 1.65. The minimum Gasteiger partial charge on any atom is -0.381 e. The van der Waals surface area contributed by atoms with E-state index in [1.165, 1.54) is 24.3 Å². The second kappa shape index (κ2) is 5.05. The highest BCUT2D eigenvalue weighted by Gasteiger charge is 2.32. The van der Waals surface area contributed by atoms with E-state index in [9.17, 15) is 13.2 Å². The predicted molar refractivity (Wildman–Crippen MR) is 65.7 cm³/mol. The van der Waals surface area contributed by atoms with Gasteiger partial charge in [-0.3, -0.25) is 0 Å². The Morgan fingerprint density at radius 2 is 1.84 bits per heavy atom. The Morgan fingerprint density at radius 1 is 1.16 bits per heavy atom. The van der Waals surface area contributed by atoms with E-state index >= 15 is 0 Å². The molecule has 0 saturated carbocycles. The highest BCUT2D eigenvalue weighted by Crippen LogP contribution is 2.32. The molecule has 0 radical (unpaired) electrons. The molecule has 1 aromatic carbocycles.